The fourth-order valence-electron chi connectivity index (χ4n) is 3.84. The molecule has 1 amide bonds. The van der Waals surface area contributed by atoms with Crippen molar-refractivity contribution in [3.63, 3.8) is 0 Å². The average molecular weight is 340 g/mol. The van der Waals surface area contributed by atoms with Crippen LogP contribution in [-0.2, 0) is 11.3 Å². The lowest BCUT2D eigenvalue weighted by atomic mass is 10.1. The number of nitrogens with zero attached hydrogens (tertiary/aromatic N) is 4. The number of benzene rings is 1. The molecule has 134 valence electrons. The van der Waals surface area contributed by atoms with Crippen LogP contribution in [0.1, 0.15) is 37.3 Å². The van der Waals surface area contributed by atoms with Gasteiger partial charge in [-0.15, -0.1) is 0 Å². The Balaban J connectivity index is 1.52. The van der Waals surface area contributed by atoms with E-state index >= 15 is 0 Å². The summed E-state index contributed by atoms with van der Waals surface area (Å²) in [6, 6.07) is 10.0. The van der Waals surface area contributed by atoms with Crippen LogP contribution in [0.15, 0.2) is 24.3 Å². The zero-order chi connectivity index (χ0) is 17.6. The van der Waals surface area contributed by atoms with Crippen molar-refractivity contribution in [1.29, 1.82) is 5.26 Å². The molecule has 2 aliphatic rings. The molecule has 5 heteroatoms. The molecule has 0 bridgehead atoms. The number of carbonyl (C=O) groups is 1. The first-order valence-corrected chi connectivity index (χ1v) is 9.41. The van der Waals surface area contributed by atoms with E-state index in [2.05, 4.69) is 22.8 Å². The van der Waals surface area contributed by atoms with Crippen molar-refractivity contribution >= 4 is 5.91 Å². The molecule has 3 rings (SSSR count). The fourth-order valence-corrected chi connectivity index (χ4v) is 3.84. The molecule has 0 spiro atoms. The lowest BCUT2D eigenvalue weighted by Crippen LogP contribution is -2.47. The van der Waals surface area contributed by atoms with Crippen LogP contribution in [0.2, 0.25) is 0 Å². The Labute approximate surface area is 150 Å². The van der Waals surface area contributed by atoms with E-state index in [1.165, 1.54) is 5.56 Å². The van der Waals surface area contributed by atoms with E-state index in [0.717, 1.165) is 65.1 Å². The third-order valence-electron chi connectivity index (χ3n) is 5.44. The molecule has 2 aliphatic heterocycles. The van der Waals surface area contributed by atoms with E-state index in [1.54, 1.807) is 0 Å². The van der Waals surface area contributed by atoms with Crippen molar-refractivity contribution in [1.82, 2.24) is 14.7 Å². The first kappa shape index (κ1) is 17.9. The van der Waals surface area contributed by atoms with Crippen LogP contribution in [0.4, 0.5) is 0 Å². The minimum Gasteiger partial charge on any atom is -0.341 e. The van der Waals surface area contributed by atoms with Gasteiger partial charge in [-0.1, -0.05) is 12.1 Å². The molecule has 2 fully saturated rings. The number of hydrogen-bond acceptors (Lipinski definition) is 4. The van der Waals surface area contributed by atoms with Gasteiger partial charge >= 0.3 is 0 Å². The van der Waals surface area contributed by atoms with E-state index in [4.69, 9.17) is 5.26 Å². The summed E-state index contributed by atoms with van der Waals surface area (Å²) >= 11 is 0. The van der Waals surface area contributed by atoms with Crippen molar-refractivity contribution in [3.05, 3.63) is 35.4 Å². The largest absolute Gasteiger partial charge is 0.341 e. The second kappa shape index (κ2) is 8.46. The second-order valence-corrected chi connectivity index (χ2v) is 7.18. The Morgan fingerprint density at radius 3 is 2.44 bits per heavy atom. The number of likely N-dealkylation sites (tertiary alicyclic amines) is 1. The number of nitriles is 1. The van der Waals surface area contributed by atoms with Crippen LogP contribution < -0.4 is 0 Å². The first-order valence-electron chi connectivity index (χ1n) is 9.41. The van der Waals surface area contributed by atoms with Crippen LogP contribution in [-0.4, -0.2) is 65.9 Å². The SMILES string of the molecule is CC(C(=O)N1CCCC1)N1CCCN(Cc2ccc(C#N)cc2)CC1. The van der Waals surface area contributed by atoms with Gasteiger partial charge in [0.25, 0.3) is 0 Å². The van der Waals surface area contributed by atoms with Gasteiger partial charge in [0.05, 0.1) is 17.7 Å². The van der Waals surface area contributed by atoms with Crippen LogP contribution in [0, 0.1) is 11.3 Å². The number of hydrogen-bond donors (Lipinski definition) is 0. The maximum Gasteiger partial charge on any atom is 0.239 e. The third-order valence-corrected chi connectivity index (χ3v) is 5.44. The van der Waals surface area contributed by atoms with Gasteiger partial charge in [-0.25, -0.2) is 0 Å². The minimum absolute atomic E-state index is 0.00652. The Kier molecular flexibility index (Phi) is 6.06. The van der Waals surface area contributed by atoms with E-state index in [0.29, 0.717) is 11.5 Å². The molecule has 2 heterocycles. The molecule has 0 radical (unpaired) electrons. The van der Waals surface area contributed by atoms with Crippen LogP contribution in [0.3, 0.4) is 0 Å². The quantitative estimate of drug-likeness (QED) is 0.842. The summed E-state index contributed by atoms with van der Waals surface area (Å²) in [7, 11) is 0. The van der Waals surface area contributed by atoms with Gasteiger partial charge in [0.15, 0.2) is 0 Å². The average Bonchev–Trinajstić information content (AvgIpc) is 3.08. The molecule has 0 saturated carbocycles. The van der Waals surface area contributed by atoms with Crippen LogP contribution in [0.5, 0.6) is 0 Å². The van der Waals surface area contributed by atoms with Gasteiger partial charge in [-0.05, 0) is 50.4 Å². The monoisotopic (exact) mass is 340 g/mol. The van der Waals surface area contributed by atoms with Crippen molar-refractivity contribution < 1.29 is 4.79 Å². The van der Waals surface area contributed by atoms with Gasteiger partial charge in [0.1, 0.15) is 0 Å². The predicted molar refractivity (Wildman–Crippen MR) is 97.9 cm³/mol. The molecule has 0 aliphatic carbocycles. The summed E-state index contributed by atoms with van der Waals surface area (Å²) in [5, 5.41) is 8.89. The molecular weight excluding hydrogens is 312 g/mol. The number of rotatable bonds is 4. The van der Waals surface area contributed by atoms with Crippen molar-refractivity contribution in [2.45, 2.75) is 38.8 Å². The smallest absolute Gasteiger partial charge is 0.239 e. The highest BCUT2D eigenvalue weighted by molar-refractivity contribution is 5.81. The van der Waals surface area contributed by atoms with Gasteiger partial charge < -0.3 is 4.90 Å². The lowest BCUT2D eigenvalue weighted by molar-refractivity contribution is -0.135. The molecule has 1 unspecified atom stereocenters. The Morgan fingerprint density at radius 1 is 1.04 bits per heavy atom. The first-order chi connectivity index (χ1) is 12.2. The van der Waals surface area contributed by atoms with Crippen molar-refractivity contribution in [2.75, 3.05) is 39.3 Å². The van der Waals surface area contributed by atoms with Gasteiger partial charge in [0, 0.05) is 39.3 Å². The summed E-state index contributed by atoms with van der Waals surface area (Å²) in [5.41, 5.74) is 1.95. The molecule has 25 heavy (non-hydrogen) atoms. The maximum absolute atomic E-state index is 12.6. The fraction of sp³-hybridized carbons (Fsp3) is 0.600. The summed E-state index contributed by atoms with van der Waals surface area (Å²) in [5.74, 6) is 0.304. The molecule has 1 atom stereocenters. The van der Waals surface area contributed by atoms with Gasteiger partial charge in [-0.3, -0.25) is 14.6 Å². The Morgan fingerprint density at radius 2 is 1.76 bits per heavy atom. The van der Waals surface area contributed by atoms with Gasteiger partial charge in [-0.2, -0.15) is 5.26 Å². The molecule has 1 aromatic carbocycles. The number of amides is 1. The van der Waals surface area contributed by atoms with Crippen LogP contribution >= 0.6 is 0 Å². The van der Waals surface area contributed by atoms with E-state index in [-0.39, 0.29) is 6.04 Å². The highest BCUT2D eigenvalue weighted by atomic mass is 16.2. The van der Waals surface area contributed by atoms with Crippen molar-refractivity contribution in [3.8, 4) is 6.07 Å². The molecule has 2 saturated heterocycles. The summed E-state index contributed by atoms with van der Waals surface area (Å²) in [4.78, 5) is 19.5. The van der Waals surface area contributed by atoms with Crippen LogP contribution in [0.25, 0.3) is 0 Å². The van der Waals surface area contributed by atoms with Crippen molar-refractivity contribution in [2.24, 2.45) is 0 Å². The lowest BCUT2D eigenvalue weighted by Gasteiger charge is -2.30. The molecule has 0 N–H and O–H groups in total. The van der Waals surface area contributed by atoms with E-state index < -0.39 is 0 Å². The topological polar surface area (TPSA) is 50.6 Å². The Hall–Kier alpha value is -1.90. The van der Waals surface area contributed by atoms with Gasteiger partial charge in [0.2, 0.25) is 5.91 Å². The highest BCUT2D eigenvalue weighted by Gasteiger charge is 2.28. The molecule has 1 aromatic rings. The third kappa shape index (κ3) is 4.59. The second-order valence-electron chi connectivity index (χ2n) is 7.18. The zero-order valence-electron chi connectivity index (χ0n) is 15.2. The summed E-state index contributed by atoms with van der Waals surface area (Å²) in [6.07, 6.45) is 3.39. The minimum atomic E-state index is -0.00652. The summed E-state index contributed by atoms with van der Waals surface area (Å²) < 4.78 is 0. The molecule has 0 aromatic heterocycles. The highest BCUT2D eigenvalue weighted by Crippen LogP contribution is 2.15. The Bertz CT molecular complexity index is 616. The summed E-state index contributed by atoms with van der Waals surface area (Å²) in [6.45, 7) is 8.81. The normalized spacial score (nSPS) is 20.9. The predicted octanol–water partition coefficient (Wildman–Crippen LogP) is 2.08. The molecule has 5 nitrogen and oxygen atoms in total. The zero-order valence-corrected chi connectivity index (χ0v) is 15.2. The van der Waals surface area contributed by atoms with E-state index in [1.807, 2.05) is 29.2 Å². The standard InChI is InChI=1S/C20H28N4O/c1-17(20(25)24-10-2-3-11-24)23-12-4-9-22(13-14-23)16-19-7-5-18(15-21)6-8-19/h5-8,17H,2-4,9-14,16H2,1H3. The molecular formula is C20H28N4O. The number of carbonyl (C=O) groups excluding carboxylic acids is 1. The van der Waals surface area contributed by atoms with E-state index in [9.17, 15) is 4.79 Å². The maximum atomic E-state index is 12.6.